The lowest BCUT2D eigenvalue weighted by atomic mass is 10.0. The number of hydrogen-bond acceptors (Lipinski definition) is 4. The van der Waals surface area contributed by atoms with Gasteiger partial charge in [-0.3, -0.25) is 4.79 Å². The van der Waals surface area contributed by atoms with Gasteiger partial charge < -0.3 is 15.4 Å². The molecule has 4 nitrogen and oxygen atoms in total. The molecule has 0 spiro atoms. The van der Waals surface area contributed by atoms with Crippen molar-refractivity contribution < 1.29 is 22.7 Å². The Bertz CT molecular complexity index is 493. The summed E-state index contributed by atoms with van der Waals surface area (Å²) in [6, 6.07) is 5.51. The number of anilines is 1. The topological polar surface area (TPSA) is 50.4 Å². The summed E-state index contributed by atoms with van der Waals surface area (Å²) in [5.74, 6) is -0.512. The number of alkyl halides is 3. The third-order valence-corrected chi connectivity index (χ3v) is 3.88. The number of ether oxygens (including phenoxy) is 1. The quantitative estimate of drug-likeness (QED) is 0.837. The summed E-state index contributed by atoms with van der Waals surface area (Å²) < 4.78 is 41.9. The van der Waals surface area contributed by atoms with Gasteiger partial charge in [-0.2, -0.15) is 13.2 Å². The molecular weight excluding hydrogens is 305 g/mol. The van der Waals surface area contributed by atoms with Crippen molar-refractivity contribution in [1.29, 1.82) is 0 Å². The molecule has 1 aromatic rings. The van der Waals surface area contributed by atoms with Gasteiger partial charge in [-0.05, 0) is 43.1 Å². The van der Waals surface area contributed by atoms with E-state index < -0.39 is 5.51 Å². The third-order valence-electron chi connectivity index (χ3n) is 3.14. The maximum atomic E-state index is 12.2. The van der Waals surface area contributed by atoms with Crippen molar-refractivity contribution in [3.63, 3.8) is 0 Å². The average Bonchev–Trinajstić information content (AvgIpc) is 2.87. The van der Waals surface area contributed by atoms with E-state index in [1.54, 1.807) is 7.05 Å². The minimum absolute atomic E-state index is 0.0509. The number of thioether (sulfide) groups is 1. The van der Waals surface area contributed by atoms with Crippen LogP contribution in [0, 0.1) is 5.92 Å². The van der Waals surface area contributed by atoms with E-state index >= 15 is 0 Å². The van der Waals surface area contributed by atoms with E-state index in [0.717, 1.165) is 0 Å². The van der Waals surface area contributed by atoms with Crippen LogP contribution in [-0.2, 0) is 9.53 Å². The van der Waals surface area contributed by atoms with Gasteiger partial charge in [-0.15, -0.1) is 0 Å². The summed E-state index contributed by atoms with van der Waals surface area (Å²) in [5, 5.41) is 5.69. The zero-order valence-corrected chi connectivity index (χ0v) is 12.1. The molecule has 0 aromatic heterocycles. The standard InChI is InChI=1S/C13H15F3N2O2S/c1-17-11-7-20-6-10(11)12(19)18-8-2-4-9(5-3-8)21-13(14,15)16/h2-5,10-11,17H,6-7H2,1H3,(H,18,19). The smallest absolute Gasteiger partial charge is 0.379 e. The SMILES string of the molecule is CNC1COCC1C(=O)Nc1ccc(SC(F)(F)F)cc1. The van der Waals surface area contributed by atoms with E-state index in [0.29, 0.717) is 18.9 Å². The van der Waals surface area contributed by atoms with Gasteiger partial charge in [0.25, 0.3) is 0 Å². The molecule has 8 heteroatoms. The van der Waals surface area contributed by atoms with Crippen LogP contribution in [0.4, 0.5) is 18.9 Å². The first-order valence-corrected chi connectivity index (χ1v) is 7.12. The molecule has 0 aliphatic carbocycles. The molecule has 0 saturated carbocycles. The number of likely N-dealkylation sites (N-methyl/N-ethyl adjacent to an activating group) is 1. The van der Waals surface area contributed by atoms with Gasteiger partial charge in [0.2, 0.25) is 5.91 Å². The van der Waals surface area contributed by atoms with Crippen LogP contribution in [0.3, 0.4) is 0 Å². The number of carbonyl (C=O) groups is 1. The summed E-state index contributed by atoms with van der Waals surface area (Å²) in [4.78, 5) is 12.2. The Morgan fingerprint density at radius 2 is 1.95 bits per heavy atom. The summed E-state index contributed by atoms with van der Waals surface area (Å²) in [6.45, 7) is 0.801. The molecule has 0 radical (unpaired) electrons. The summed E-state index contributed by atoms with van der Waals surface area (Å²) in [5.41, 5.74) is -3.85. The molecule has 1 aliphatic heterocycles. The predicted octanol–water partition coefficient (Wildman–Crippen LogP) is 2.47. The average molecular weight is 320 g/mol. The fraction of sp³-hybridized carbons (Fsp3) is 0.462. The van der Waals surface area contributed by atoms with E-state index in [4.69, 9.17) is 4.74 Å². The second kappa shape index (κ2) is 6.67. The van der Waals surface area contributed by atoms with E-state index in [9.17, 15) is 18.0 Å². The van der Waals surface area contributed by atoms with Crippen molar-refractivity contribution in [2.45, 2.75) is 16.4 Å². The predicted molar refractivity (Wildman–Crippen MR) is 74.1 cm³/mol. The van der Waals surface area contributed by atoms with Gasteiger partial charge in [0, 0.05) is 16.6 Å². The highest BCUT2D eigenvalue weighted by atomic mass is 32.2. The molecule has 1 saturated heterocycles. The van der Waals surface area contributed by atoms with E-state index in [2.05, 4.69) is 10.6 Å². The molecule has 1 aliphatic rings. The van der Waals surface area contributed by atoms with Crippen LogP contribution in [0.15, 0.2) is 29.2 Å². The van der Waals surface area contributed by atoms with Crippen LogP contribution in [0.25, 0.3) is 0 Å². The maximum absolute atomic E-state index is 12.2. The van der Waals surface area contributed by atoms with Crippen LogP contribution >= 0.6 is 11.8 Å². The Balaban J connectivity index is 1.95. The molecule has 2 atom stereocenters. The van der Waals surface area contributed by atoms with Crippen LogP contribution in [-0.4, -0.2) is 37.7 Å². The number of carbonyl (C=O) groups excluding carboxylic acids is 1. The molecule has 1 fully saturated rings. The van der Waals surface area contributed by atoms with Crippen LogP contribution < -0.4 is 10.6 Å². The zero-order chi connectivity index (χ0) is 15.5. The van der Waals surface area contributed by atoms with Gasteiger partial charge in [0.05, 0.1) is 19.1 Å². The Hall–Kier alpha value is -1.25. The molecule has 2 N–H and O–H groups in total. The van der Waals surface area contributed by atoms with Crippen molar-refractivity contribution in [2.24, 2.45) is 5.92 Å². The zero-order valence-electron chi connectivity index (χ0n) is 11.2. The fourth-order valence-electron chi connectivity index (χ4n) is 2.07. The fourth-order valence-corrected chi connectivity index (χ4v) is 2.61. The molecule has 0 bridgehead atoms. The lowest BCUT2D eigenvalue weighted by Gasteiger charge is -2.16. The Labute approximate surface area is 124 Å². The number of hydrogen-bond donors (Lipinski definition) is 2. The number of amides is 1. The Kier molecular flexibility index (Phi) is 5.13. The highest BCUT2D eigenvalue weighted by Crippen LogP contribution is 2.37. The highest BCUT2D eigenvalue weighted by molar-refractivity contribution is 8.00. The first-order valence-electron chi connectivity index (χ1n) is 6.31. The minimum atomic E-state index is -4.31. The largest absolute Gasteiger partial charge is 0.446 e. The van der Waals surface area contributed by atoms with Gasteiger partial charge in [-0.25, -0.2) is 0 Å². The minimum Gasteiger partial charge on any atom is -0.379 e. The van der Waals surface area contributed by atoms with Crippen LogP contribution in [0.2, 0.25) is 0 Å². The Morgan fingerprint density at radius 1 is 1.29 bits per heavy atom. The molecule has 1 aromatic carbocycles. The van der Waals surface area contributed by atoms with E-state index in [1.165, 1.54) is 24.3 Å². The molecule has 2 unspecified atom stereocenters. The number of nitrogens with one attached hydrogen (secondary N) is 2. The third kappa shape index (κ3) is 4.62. The first-order chi connectivity index (χ1) is 9.89. The number of halogens is 3. The van der Waals surface area contributed by atoms with Gasteiger partial charge in [-0.1, -0.05) is 0 Å². The second-order valence-electron chi connectivity index (χ2n) is 4.60. The van der Waals surface area contributed by atoms with Crippen LogP contribution in [0.5, 0.6) is 0 Å². The lowest BCUT2D eigenvalue weighted by Crippen LogP contribution is -2.39. The van der Waals surface area contributed by atoms with Gasteiger partial charge in [0.1, 0.15) is 0 Å². The van der Waals surface area contributed by atoms with Crippen LogP contribution in [0.1, 0.15) is 0 Å². The highest BCUT2D eigenvalue weighted by Gasteiger charge is 2.33. The number of rotatable bonds is 4. The van der Waals surface area contributed by atoms with Gasteiger partial charge >= 0.3 is 5.51 Å². The second-order valence-corrected chi connectivity index (χ2v) is 5.74. The van der Waals surface area contributed by atoms with Crippen molar-refractivity contribution >= 4 is 23.4 Å². The van der Waals surface area contributed by atoms with E-state index in [-0.39, 0.29) is 34.5 Å². The van der Waals surface area contributed by atoms with Crippen molar-refractivity contribution in [3.8, 4) is 0 Å². The molecule has 1 heterocycles. The monoisotopic (exact) mass is 320 g/mol. The first kappa shape index (κ1) is 16.1. The molecule has 2 rings (SSSR count). The normalized spacial score (nSPS) is 22.3. The molecule has 21 heavy (non-hydrogen) atoms. The van der Waals surface area contributed by atoms with Crippen molar-refractivity contribution in [2.75, 3.05) is 25.6 Å². The maximum Gasteiger partial charge on any atom is 0.446 e. The molecule has 1 amide bonds. The summed E-state index contributed by atoms with van der Waals surface area (Å²) in [6.07, 6.45) is 0. The molecular formula is C13H15F3N2O2S. The Morgan fingerprint density at radius 3 is 2.52 bits per heavy atom. The van der Waals surface area contributed by atoms with Gasteiger partial charge in [0.15, 0.2) is 0 Å². The molecule has 116 valence electrons. The summed E-state index contributed by atoms with van der Waals surface area (Å²) >= 11 is -0.185. The summed E-state index contributed by atoms with van der Waals surface area (Å²) in [7, 11) is 1.75. The number of benzene rings is 1. The van der Waals surface area contributed by atoms with Crippen molar-refractivity contribution in [3.05, 3.63) is 24.3 Å². The lowest BCUT2D eigenvalue weighted by molar-refractivity contribution is -0.120. The van der Waals surface area contributed by atoms with E-state index in [1.807, 2.05) is 0 Å². The van der Waals surface area contributed by atoms with Crippen molar-refractivity contribution in [1.82, 2.24) is 5.32 Å².